The van der Waals surface area contributed by atoms with Crippen LogP contribution >= 0.6 is 12.4 Å². The highest BCUT2D eigenvalue weighted by Crippen LogP contribution is 2.30. The van der Waals surface area contributed by atoms with Gasteiger partial charge >= 0.3 is 0 Å². The van der Waals surface area contributed by atoms with Crippen LogP contribution in [0.3, 0.4) is 0 Å². The molecule has 2 rings (SSSR count). The van der Waals surface area contributed by atoms with Crippen LogP contribution in [0.4, 0.5) is 5.69 Å². The minimum atomic E-state index is -3.30. The van der Waals surface area contributed by atoms with E-state index in [2.05, 4.69) is 5.32 Å². The number of hydrogen-bond donors (Lipinski definition) is 2. The highest BCUT2D eigenvalue weighted by Gasteiger charge is 2.30. The normalized spacial score (nSPS) is 16.6. The summed E-state index contributed by atoms with van der Waals surface area (Å²) in [5, 5.41) is 3.01. The number of hydrogen-bond acceptors (Lipinski definition) is 4. The second-order valence-electron chi connectivity index (χ2n) is 7.01. The fourth-order valence-corrected chi connectivity index (χ4v) is 3.81. The Labute approximate surface area is 156 Å². The van der Waals surface area contributed by atoms with Gasteiger partial charge in [-0.2, -0.15) is 0 Å². The fourth-order valence-electron chi connectivity index (χ4n) is 2.81. The molecule has 6 nitrogen and oxygen atoms in total. The maximum absolute atomic E-state index is 12.6. The predicted molar refractivity (Wildman–Crippen MR) is 104 cm³/mol. The molecule has 1 unspecified atom stereocenters. The SMILES string of the molecule is CC(C)C(C)(CN)NC(=O)c1ccc2c(c1)CCCN2S(C)(=O)=O.Cl. The summed E-state index contributed by atoms with van der Waals surface area (Å²) in [5.41, 5.74) is 7.43. The van der Waals surface area contributed by atoms with Crippen LogP contribution in [-0.4, -0.2) is 39.2 Å². The number of fused-ring (bicyclic) bond motifs is 1. The molecule has 0 saturated heterocycles. The first kappa shape index (κ1) is 21.7. The van der Waals surface area contributed by atoms with Gasteiger partial charge in [0.25, 0.3) is 5.91 Å². The van der Waals surface area contributed by atoms with Crippen molar-refractivity contribution in [2.24, 2.45) is 11.7 Å². The summed E-state index contributed by atoms with van der Waals surface area (Å²) in [6.07, 6.45) is 2.72. The van der Waals surface area contributed by atoms with Gasteiger partial charge in [0.05, 0.1) is 17.5 Å². The van der Waals surface area contributed by atoms with E-state index < -0.39 is 15.6 Å². The third-order valence-electron chi connectivity index (χ3n) is 4.92. The minimum absolute atomic E-state index is 0. The summed E-state index contributed by atoms with van der Waals surface area (Å²) < 4.78 is 25.2. The van der Waals surface area contributed by atoms with Crippen LogP contribution in [0.25, 0.3) is 0 Å². The van der Waals surface area contributed by atoms with Crippen LogP contribution in [0.15, 0.2) is 18.2 Å². The standard InChI is InChI=1S/C17H27N3O3S.ClH/c1-12(2)17(3,11-18)19-16(21)14-7-8-15-13(10-14)6-5-9-20(15)24(4,22)23;/h7-8,10,12H,5-6,9,11,18H2,1-4H3,(H,19,21);1H. The number of carbonyl (C=O) groups is 1. The molecule has 1 atom stereocenters. The lowest BCUT2D eigenvalue weighted by Gasteiger charge is -2.34. The fraction of sp³-hybridized carbons (Fsp3) is 0.588. The number of nitrogens with zero attached hydrogens (tertiary/aromatic N) is 1. The predicted octanol–water partition coefficient (Wildman–Crippen LogP) is 1.92. The molecule has 1 aromatic rings. The van der Waals surface area contributed by atoms with Gasteiger partial charge < -0.3 is 11.1 Å². The monoisotopic (exact) mass is 389 g/mol. The lowest BCUT2D eigenvalue weighted by atomic mass is 9.88. The second-order valence-corrected chi connectivity index (χ2v) is 8.92. The van der Waals surface area contributed by atoms with Crippen molar-refractivity contribution in [3.8, 4) is 0 Å². The maximum atomic E-state index is 12.6. The number of nitrogens with two attached hydrogens (primary N) is 1. The van der Waals surface area contributed by atoms with Gasteiger partial charge in [0, 0.05) is 18.7 Å². The van der Waals surface area contributed by atoms with E-state index in [1.807, 2.05) is 20.8 Å². The van der Waals surface area contributed by atoms with Gasteiger partial charge in [-0.25, -0.2) is 8.42 Å². The molecule has 1 aliphatic heterocycles. The van der Waals surface area contributed by atoms with Crippen molar-refractivity contribution >= 4 is 34.0 Å². The Morgan fingerprint density at radius 3 is 2.56 bits per heavy atom. The smallest absolute Gasteiger partial charge is 0.251 e. The molecular weight excluding hydrogens is 362 g/mol. The number of carbonyl (C=O) groups excluding carboxylic acids is 1. The van der Waals surface area contributed by atoms with Crippen molar-refractivity contribution in [2.75, 3.05) is 23.7 Å². The number of sulfonamides is 1. The first-order chi connectivity index (χ1) is 11.1. The van der Waals surface area contributed by atoms with Gasteiger partial charge in [0.2, 0.25) is 10.0 Å². The van der Waals surface area contributed by atoms with E-state index in [-0.39, 0.29) is 24.2 Å². The molecule has 1 amide bonds. The zero-order valence-corrected chi connectivity index (χ0v) is 16.8. The second kappa shape index (κ2) is 7.93. The Balaban J connectivity index is 0.00000312. The number of aryl methyl sites for hydroxylation is 1. The van der Waals surface area contributed by atoms with Crippen molar-refractivity contribution in [2.45, 2.75) is 39.2 Å². The summed E-state index contributed by atoms with van der Waals surface area (Å²) in [6, 6.07) is 5.19. The molecule has 1 aliphatic rings. The molecular formula is C17H28ClN3O3S. The van der Waals surface area contributed by atoms with Crippen molar-refractivity contribution < 1.29 is 13.2 Å². The van der Waals surface area contributed by atoms with E-state index in [0.717, 1.165) is 18.4 Å². The zero-order chi connectivity index (χ0) is 18.1. The van der Waals surface area contributed by atoms with E-state index in [0.29, 0.717) is 24.3 Å². The van der Waals surface area contributed by atoms with Crippen molar-refractivity contribution in [3.05, 3.63) is 29.3 Å². The van der Waals surface area contributed by atoms with Crippen molar-refractivity contribution in [1.29, 1.82) is 0 Å². The highest BCUT2D eigenvalue weighted by atomic mass is 35.5. The molecule has 0 spiro atoms. The van der Waals surface area contributed by atoms with E-state index in [1.54, 1.807) is 18.2 Å². The molecule has 0 fully saturated rings. The molecule has 1 aromatic carbocycles. The summed E-state index contributed by atoms with van der Waals surface area (Å²) >= 11 is 0. The van der Waals surface area contributed by atoms with E-state index in [4.69, 9.17) is 5.73 Å². The molecule has 0 aromatic heterocycles. The summed E-state index contributed by atoms with van der Waals surface area (Å²) in [5.74, 6) is 0.0146. The lowest BCUT2D eigenvalue weighted by Crippen LogP contribution is -2.55. The quantitative estimate of drug-likeness (QED) is 0.804. The van der Waals surface area contributed by atoms with Gasteiger partial charge in [-0.3, -0.25) is 9.10 Å². The molecule has 1 heterocycles. The molecule has 142 valence electrons. The summed E-state index contributed by atoms with van der Waals surface area (Å²) in [4.78, 5) is 12.6. The van der Waals surface area contributed by atoms with Crippen molar-refractivity contribution in [1.82, 2.24) is 5.32 Å². The van der Waals surface area contributed by atoms with Crippen LogP contribution in [0, 0.1) is 5.92 Å². The molecule has 8 heteroatoms. The van der Waals surface area contributed by atoms with Gasteiger partial charge in [0.1, 0.15) is 0 Å². The first-order valence-electron chi connectivity index (χ1n) is 8.21. The van der Waals surface area contributed by atoms with Gasteiger partial charge in [0.15, 0.2) is 0 Å². The van der Waals surface area contributed by atoms with Crippen LogP contribution < -0.4 is 15.4 Å². The summed E-state index contributed by atoms with van der Waals surface area (Å²) in [6.45, 7) is 6.80. The van der Waals surface area contributed by atoms with Crippen LogP contribution in [-0.2, 0) is 16.4 Å². The maximum Gasteiger partial charge on any atom is 0.251 e. The number of nitrogens with one attached hydrogen (secondary N) is 1. The van der Waals surface area contributed by atoms with Crippen molar-refractivity contribution in [3.63, 3.8) is 0 Å². The molecule has 0 bridgehead atoms. The number of rotatable bonds is 5. The minimum Gasteiger partial charge on any atom is -0.345 e. The Kier molecular flexibility index (Phi) is 6.89. The van der Waals surface area contributed by atoms with Crippen LogP contribution in [0.5, 0.6) is 0 Å². The molecule has 0 saturated carbocycles. The van der Waals surface area contributed by atoms with Gasteiger partial charge in [-0.05, 0) is 49.4 Å². The zero-order valence-electron chi connectivity index (χ0n) is 15.2. The third kappa shape index (κ3) is 4.65. The van der Waals surface area contributed by atoms with Crippen LogP contribution in [0.2, 0.25) is 0 Å². The summed E-state index contributed by atoms with van der Waals surface area (Å²) in [7, 11) is -3.30. The number of amides is 1. The Bertz CT molecular complexity index is 737. The largest absolute Gasteiger partial charge is 0.345 e. The molecule has 3 N–H and O–H groups in total. The van der Waals surface area contributed by atoms with Gasteiger partial charge in [-0.1, -0.05) is 13.8 Å². The molecule has 0 aliphatic carbocycles. The topological polar surface area (TPSA) is 92.5 Å². The Hall–Kier alpha value is -1.31. The third-order valence-corrected chi connectivity index (χ3v) is 6.10. The number of anilines is 1. The van der Waals surface area contributed by atoms with E-state index in [9.17, 15) is 13.2 Å². The number of benzene rings is 1. The van der Waals surface area contributed by atoms with E-state index >= 15 is 0 Å². The number of halogens is 1. The average molecular weight is 390 g/mol. The highest BCUT2D eigenvalue weighted by molar-refractivity contribution is 7.92. The Morgan fingerprint density at radius 1 is 1.40 bits per heavy atom. The lowest BCUT2D eigenvalue weighted by molar-refractivity contribution is 0.0883. The average Bonchev–Trinajstić information content (AvgIpc) is 2.52. The Morgan fingerprint density at radius 2 is 2.04 bits per heavy atom. The van der Waals surface area contributed by atoms with E-state index in [1.165, 1.54) is 10.6 Å². The molecule has 0 radical (unpaired) electrons. The van der Waals surface area contributed by atoms with Gasteiger partial charge in [-0.15, -0.1) is 12.4 Å². The van der Waals surface area contributed by atoms with Crippen LogP contribution in [0.1, 0.15) is 43.1 Å². The first-order valence-corrected chi connectivity index (χ1v) is 10.1. The molecule has 25 heavy (non-hydrogen) atoms.